The van der Waals surface area contributed by atoms with E-state index in [-0.39, 0.29) is 13.0 Å². The highest BCUT2D eigenvalue weighted by atomic mass is 16.6. The summed E-state index contributed by atoms with van der Waals surface area (Å²) >= 11 is 0. The normalized spacial score (nSPS) is 11.3. The number of hydrogen-bond acceptors (Lipinski definition) is 7. The summed E-state index contributed by atoms with van der Waals surface area (Å²) in [4.78, 5) is 20.8. The van der Waals surface area contributed by atoms with Gasteiger partial charge in [0.2, 0.25) is 5.82 Å². The molecule has 0 bridgehead atoms. The van der Waals surface area contributed by atoms with Gasteiger partial charge in [-0.15, -0.1) is 0 Å². The van der Waals surface area contributed by atoms with Gasteiger partial charge in [0.15, 0.2) is 6.61 Å². The quantitative estimate of drug-likeness (QED) is 0.143. The smallest absolute Gasteiger partial charge is 0.303 e. The number of carbonyl (C=O) groups is 1. The predicted octanol–water partition coefficient (Wildman–Crippen LogP) is 5.88. The van der Waals surface area contributed by atoms with Gasteiger partial charge >= 0.3 is 5.97 Å². The molecule has 0 radical (unpaired) electrons. The van der Waals surface area contributed by atoms with Gasteiger partial charge < -0.3 is 19.2 Å². The summed E-state index contributed by atoms with van der Waals surface area (Å²) in [7, 11) is 0. The van der Waals surface area contributed by atoms with Crippen LogP contribution in [0.5, 0.6) is 5.75 Å². The fourth-order valence-electron chi connectivity index (χ4n) is 3.47. The van der Waals surface area contributed by atoms with Crippen molar-refractivity contribution in [3.63, 3.8) is 0 Å². The van der Waals surface area contributed by atoms with Crippen LogP contribution in [-0.4, -0.2) is 26.9 Å². The van der Waals surface area contributed by atoms with Crippen molar-refractivity contribution in [1.82, 2.24) is 10.1 Å². The molecule has 0 unspecified atom stereocenters. The van der Waals surface area contributed by atoms with Crippen LogP contribution in [-0.2, 0) is 22.8 Å². The highest BCUT2D eigenvalue weighted by Gasteiger charge is 2.09. The van der Waals surface area contributed by atoms with E-state index in [0.29, 0.717) is 36.9 Å². The molecule has 0 amide bonds. The molecule has 0 aliphatic carbocycles. The molecule has 0 spiro atoms. The Morgan fingerprint density at radius 2 is 1.56 bits per heavy atom. The number of hydrogen-bond donors (Lipinski definition) is 1. The lowest BCUT2D eigenvalue weighted by Crippen LogP contribution is -2.03. The number of carboxylic acids is 1. The maximum Gasteiger partial charge on any atom is 0.303 e. The molecule has 184 valence electrons. The highest BCUT2D eigenvalue weighted by Crippen LogP contribution is 2.18. The SMILES string of the molecule is O=C(O)CCCC/C(=N/OCc1ccc(OCc2noc(-c3ccccc3)n2)cc1)c1ccccc1. The van der Waals surface area contributed by atoms with Crippen molar-refractivity contribution in [3.05, 3.63) is 102 Å². The van der Waals surface area contributed by atoms with Crippen molar-refractivity contribution in [1.29, 1.82) is 0 Å². The van der Waals surface area contributed by atoms with Crippen LogP contribution in [0.2, 0.25) is 0 Å². The van der Waals surface area contributed by atoms with E-state index in [1.807, 2.05) is 84.9 Å². The fourth-order valence-corrected chi connectivity index (χ4v) is 3.47. The number of aliphatic carboxylic acids is 1. The van der Waals surface area contributed by atoms with E-state index in [1.165, 1.54) is 0 Å². The molecule has 0 atom stereocenters. The van der Waals surface area contributed by atoms with E-state index in [2.05, 4.69) is 15.3 Å². The van der Waals surface area contributed by atoms with Gasteiger partial charge in [0, 0.05) is 12.0 Å². The molecular weight excluding hydrogens is 458 g/mol. The summed E-state index contributed by atoms with van der Waals surface area (Å²) in [6, 6.07) is 26.9. The third-order valence-corrected chi connectivity index (χ3v) is 5.35. The number of rotatable bonds is 13. The summed E-state index contributed by atoms with van der Waals surface area (Å²) in [6.07, 6.45) is 2.12. The molecule has 1 aromatic heterocycles. The van der Waals surface area contributed by atoms with E-state index in [4.69, 9.17) is 19.2 Å². The molecule has 36 heavy (non-hydrogen) atoms. The molecule has 0 aliphatic heterocycles. The number of unbranched alkanes of at least 4 members (excludes halogenated alkanes) is 1. The standard InChI is InChI=1S/C28H27N3O5/c32-27(33)14-8-7-13-25(22-9-3-1-4-10-22)30-35-19-21-15-17-24(18-16-21)34-20-26-29-28(36-31-26)23-11-5-2-6-12-23/h1-6,9-12,15-18H,7-8,13-14,19-20H2,(H,32,33)/b30-25-. The van der Waals surface area contributed by atoms with E-state index >= 15 is 0 Å². The number of ether oxygens (including phenoxy) is 1. The van der Waals surface area contributed by atoms with Gasteiger partial charge in [0.25, 0.3) is 5.89 Å². The molecule has 8 nitrogen and oxygen atoms in total. The maximum absolute atomic E-state index is 10.8. The van der Waals surface area contributed by atoms with Crippen molar-refractivity contribution in [3.8, 4) is 17.2 Å². The Morgan fingerprint density at radius 3 is 2.28 bits per heavy atom. The van der Waals surface area contributed by atoms with Crippen LogP contribution in [0.1, 0.15) is 42.6 Å². The molecule has 1 heterocycles. The molecule has 0 fully saturated rings. The lowest BCUT2D eigenvalue weighted by molar-refractivity contribution is -0.137. The van der Waals surface area contributed by atoms with Gasteiger partial charge in [0.1, 0.15) is 12.4 Å². The van der Waals surface area contributed by atoms with Crippen molar-refractivity contribution in [2.75, 3.05) is 0 Å². The Labute approximate surface area is 209 Å². The molecular formula is C28H27N3O5. The number of oxime groups is 1. The first kappa shape index (κ1) is 24.7. The lowest BCUT2D eigenvalue weighted by Gasteiger charge is -2.08. The molecule has 8 heteroatoms. The minimum absolute atomic E-state index is 0.151. The number of benzene rings is 3. The first-order valence-corrected chi connectivity index (χ1v) is 11.7. The molecule has 0 aliphatic rings. The van der Waals surface area contributed by atoms with Crippen LogP contribution in [0.3, 0.4) is 0 Å². The zero-order chi connectivity index (χ0) is 25.0. The highest BCUT2D eigenvalue weighted by molar-refractivity contribution is 6.00. The zero-order valence-electron chi connectivity index (χ0n) is 19.7. The number of carboxylic acid groups (broad SMARTS) is 1. The summed E-state index contributed by atoms with van der Waals surface area (Å²) in [5.74, 6) is 0.814. The molecule has 0 saturated carbocycles. The first-order valence-electron chi connectivity index (χ1n) is 11.7. The average Bonchev–Trinajstić information content (AvgIpc) is 3.40. The predicted molar refractivity (Wildman–Crippen MR) is 134 cm³/mol. The second kappa shape index (κ2) is 12.9. The Balaban J connectivity index is 1.28. The summed E-state index contributed by atoms with van der Waals surface area (Å²) < 4.78 is 11.1. The first-order chi connectivity index (χ1) is 17.7. The summed E-state index contributed by atoms with van der Waals surface area (Å²) in [5, 5.41) is 17.2. The second-order valence-electron chi connectivity index (χ2n) is 8.09. The Morgan fingerprint density at radius 1 is 0.861 bits per heavy atom. The lowest BCUT2D eigenvalue weighted by atomic mass is 10.0. The minimum atomic E-state index is -0.786. The molecule has 4 rings (SSSR count). The number of aromatic nitrogens is 2. The van der Waals surface area contributed by atoms with Gasteiger partial charge in [-0.05, 0) is 54.7 Å². The largest absolute Gasteiger partial charge is 0.485 e. The maximum atomic E-state index is 10.8. The monoisotopic (exact) mass is 485 g/mol. The van der Waals surface area contributed by atoms with Gasteiger partial charge in [0.05, 0.1) is 5.71 Å². The van der Waals surface area contributed by atoms with Crippen molar-refractivity contribution in [2.45, 2.75) is 38.9 Å². The van der Waals surface area contributed by atoms with Gasteiger partial charge in [-0.3, -0.25) is 4.79 Å². The average molecular weight is 486 g/mol. The van der Waals surface area contributed by atoms with Crippen LogP contribution in [0.15, 0.2) is 94.6 Å². The summed E-state index contributed by atoms with van der Waals surface area (Å²) in [5.41, 5.74) is 3.57. The van der Waals surface area contributed by atoms with Gasteiger partial charge in [-0.25, -0.2) is 0 Å². The van der Waals surface area contributed by atoms with Gasteiger partial charge in [-0.1, -0.05) is 71.0 Å². The van der Waals surface area contributed by atoms with E-state index in [1.54, 1.807) is 0 Å². The minimum Gasteiger partial charge on any atom is -0.485 e. The van der Waals surface area contributed by atoms with E-state index in [0.717, 1.165) is 28.8 Å². The van der Waals surface area contributed by atoms with Crippen LogP contribution in [0, 0.1) is 0 Å². The van der Waals surface area contributed by atoms with Crippen LogP contribution in [0.25, 0.3) is 11.5 Å². The summed E-state index contributed by atoms with van der Waals surface area (Å²) in [6.45, 7) is 0.496. The van der Waals surface area contributed by atoms with Crippen LogP contribution < -0.4 is 4.74 Å². The van der Waals surface area contributed by atoms with Crippen molar-refractivity contribution in [2.24, 2.45) is 5.16 Å². The topological polar surface area (TPSA) is 107 Å². The molecule has 4 aromatic rings. The van der Waals surface area contributed by atoms with E-state index in [9.17, 15) is 4.79 Å². The van der Waals surface area contributed by atoms with Crippen molar-refractivity contribution < 1.29 is 24.0 Å². The molecule has 3 aromatic carbocycles. The third-order valence-electron chi connectivity index (χ3n) is 5.35. The van der Waals surface area contributed by atoms with E-state index < -0.39 is 5.97 Å². The van der Waals surface area contributed by atoms with Crippen LogP contribution in [0.4, 0.5) is 0 Å². The molecule has 0 saturated heterocycles. The Bertz CT molecular complexity index is 1260. The Hall–Kier alpha value is -4.46. The second-order valence-corrected chi connectivity index (χ2v) is 8.09. The Kier molecular flexibility index (Phi) is 8.80. The zero-order valence-corrected chi connectivity index (χ0v) is 19.7. The molecule has 1 N–H and O–H groups in total. The van der Waals surface area contributed by atoms with Crippen LogP contribution >= 0.6 is 0 Å². The van der Waals surface area contributed by atoms with Gasteiger partial charge in [-0.2, -0.15) is 4.98 Å². The number of nitrogens with zero attached hydrogens (tertiary/aromatic N) is 3. The fraction of sp³-hybridized carbons (Fsp3) is 0.214. The third kappa shape index (κ3) is 7.53. The van der Waals surface area contributed by atoms with Crippen molar-refractivity contribution >= 4 is 11.7 Å².